The van der Waals surface area contributed by atoms with Gasteiger partial charge in [-0.1, -0.05) is 48.8 Å². The van der Waals surface area contributed by atoms with Crippen molar-refractivity contribution in [1.29, 1.82) is 0 Å². The van der Waals surface area contributed by atoms with Crippen molar-refractivity contribution in [3.8, 4) is 0 Å². The second-order valence-corrected chi connectivity index (χ2v) is 12.7. The van der Waals surface area contributed by atoms with Crippen LogP contribution in [0.3, 0.4) is 0 Å². The predicted octanol–water partition coefficient (Wildman–Crippen LogP) is 5.02. The molecule has 0 bridgehead atoms. The summed E-state index contributed by atoms with van der Waals surface area (Å²) >= 11 is 1.97. The fraction of sp³-hybridized carbons (Fsp3) is 0.769. The lowest BCUT2D eigenvalue weighted by molar-refractivity contribution is -0.0489. The molecule has 0 aromatic carbocycles. The van der Waals surface area contributed by atoms with Crippen LogP contribution in [0.2, 0.25) is 0 Å². The standard InChI is InChI=1S/C26H40O3S/c1-16(30-13-12-24(2,3)29)20-8-9-21-19-7-6-17-14-18(27)15-23(28)26(17,5)22(19)10-11-25(20,21)4/h6-8,16,18,21-23,27-29H,9-15H2,1-5H3/t16-,18+,21-,22-,23-,25+,26-/m0/s1. The molecule has 3 nitrogen and oxygen atoms in total. The fourth-order valence-corrected chi connectivity index (χ4v) is 8.39. The number of rotatable bonds is 5. The van der Waals surface area contributed by atoms with Crippen molar-refractivity contribution in [3.05, 3.63) is 34.9 Å². The van der Waals surface area contributed by atoms with Crippen LogP contribution in [0.4, 0.5) is 0 Å². The van der Waals surface area contributed by atoms with Gasteiger partial charge in [0.25, 0.3) is 0 Å². The molecule has 0 radical (unpaired) electrons. The molecule has 30 heavy (non-hydrogen) atoms. The Morgan fingerprint density at radius 3 is 2.63 bits per heavy atom. The van der Waals surface area contributed by atoms with Crippen LogP contribution in [0.1, 0.15) is 73.1 Å². The lowest BCUT2D eigenvalue weighted by Gasteiger charge is -2.56. The molecule has 4 aliphatic carbocycles. The zero-order chi connectivity index (χ0) is 21.9. The Kier molecular flexibility index (Phi) is 5.88. The Morgan fingerprint density at radius 1 is 1.20 bits per heavy atom. The Labute approximate surface area is 186 Å². The summed E-state index contributed by atoms with van der Waals surface area (Å²) in [7, 11) is 0. The lowest BCUT2D eigenvalue weighted by Crippen LogP contribution is -2.52. The van der Waals surface area contributed by atoms with E-state index in [-0.39, 0.29) is 10.8 Å². The van der Waals surface area contributed by atoms with Crippen LogP contribution in [0, 0.1) is 22.7 Å². The third kappa shape index (κ3) is 3.66. The normalized spacial score (nSPS) is 41.8. The molecule has 0 spiro atoms. The Bertz CT molecular complexity index is 776. The number of thioether (sulfide) groups is 1. The summed E-state index contributed by atoms with van der Waals surface area (Å²) in [6, 6.07) is 0. The van der Waals surface area contributed by atoms with Gasteiger partial charge in [0.15, 0.2) is 0 Å². The summed E-state index contributed by atoms with van der Waals surface area (Å²) in [6.07, 6.45) is 11.6. The highest BCUT2D eigenvalue weighted by Crippen LogP contribution is 2.64. The molecule has 0 saturated heterocycles. The summed E-state index contributed by atoms with van der Waals surface area (Å²) in [4.78, 5) is 0. The van der Waals surface area contributed by atoms with Gasteiger partial charge in [-0.3, -0.25) is 0 Å². The Morgan fingerprint density at radius 2 is 1.93 bits per heavy atom. The van der Waals surface area contributed by atoms with E-state index < -0.39 is 17.8 Å². The molecule has 2 fully saturated rings. The number of aliphatic hydroxyl groups excluding tert-OH is 2. The minimum atomic E-state index is -0.595. The zero-order valence-corrected chi connectivity index (χ0v) is 20.1. The predicted molar refractivity (Wildman–Crippen MR) is 125 cm³/mol. The number of aliphatic hydroxyl groups is 3. The van der Waals surface area contributed by atoms with Crippen LogP contribution in [0.25, 0.3) is 0 Å². The first-order valence-corrected chi connectivity index (χ1v) is 12.8. The first kappa shape index (κ1) is 22.6. The van der Waals surface area contributed by atoms with Crippen LogP contribution < -0.4 is 0 Å². The first-order chi connectivity index (χ1) is 14.0. The largest absolute Gasteiger partial charge is 0.393 e. The second-order valence-electron chi connectivity index (χ2n) is 11.3. The molecule has 0 aromatic rings. The van der Waals surface area contributed by atoms with Crippen LogP contribution >= 0.6 is 11.8 Å². The quantitative estimate of drug-likeness (QED) is 0.534. The molecular formula is C26H40O3S. The van der Waals surface area contributed by atoms with Gasteiger partial charge in [-0.2, -0.15) is 11.8 Å². The molecule has 0 unspecified atom stereocenters. The van der Waals surface area contributed by atoms with E-state index in [0.717, 1.165) is 25.0 Å². The molecule has 4 rings (SSSR count). The van der Waals surface area contributed by atoms with Gasteiger partial charge in [0.2, 0.25) is 0 Å². The van der Waals surface area contributed by atoms with Gasteiger partial charge < -0.3 is 15.3 Å². The molecular weight excluding hydrogens is 392 g/mol. The minimum Gasteiger partial charge on any atom is -0.393 e. The van der Waals surface area contributed by atoms with Crippen molar-refractivity contribution < 1.29 is 15.3 Å². The first-order valence-electron chi connectivity index (χ1n) is 11.8. The monoisotopic (exact) mass is 432 g/mol. The van der Waals surface area contributed by atoms with E-state index in [1.165, 1.54) is 17.6 Å². The SMILES string of the molecule is C[C@H](SCCC(C)(C)O)C1=CC[C@H]2C3=CC=C4C[C@@H](O)C[C@H](O)[C@]4(C)[C@H]3CC[C@]12C. The van der Waals surface area contributed by atoms with Gasteiger partial charge in [0.05, 0.1) is 17.8 Å². The molecule has 0 amide bonds. The molecule has 0 aliphatic heterocycles. The van der Waals surface area contributed by atoms with Crippen LogP contribution in [-0.2, 0) is 0 Å². The number of hydrogen-bond donors (Lipinski definition) is 3. The summed E-state index contributed by atoms with van der Waals surface area (Å²) in [5.74, 6) is 1.90. The van der Waals surface area contributed by atoms with Gasteiger partial charge in [0.1, 0.15) is 0 Å². The van der Waals surface area contributed by atoms with Crippen LogP contribution in [-0.4, -0.2) is 44.1 Å². The van der Waals surface area contributed by atoms with Gasteiger partial charge in [-0.25, -0.2) is 0 Å². The molecule has 4 heteroatoms. The number of allylic oxidation sites excluding steroid dienone is 4. The van der Waals surface area contributed by atoms with Crippen molar-refractivity contribution in [2.75, 3.05) is 5.75 Å². The topological polar surface area (TPSA) is 60.7 Å². The Balaban J connectivity index is 1.54. The number of fused-ring (bicyclic) bond motifs is 5. The van der Waals surface area contributed by atoms with E-state index in [0.29, 0.717) is 29.9 Å². The molecule has 2 saturated carbocycles. The van der Waals surface area contributed by atoms with Gasteiger partial charge in [-0.05, 0) is 75.9 Å². The van der Waals surface area contributed by atoms with Gasteiger partial charge >= 0.3 is 0 Å². The highest BCUT2D eigenvalue weighted by atomic mass is 32.2. The van der Waals surface area contributed by atoms with Gasteiger partial charge in [0, 0.05) is 17.1 Å². The molecule has 0 aromatic heterocycles. The van der Waals surface area contributed by atoms with Crippen molar-refractivity contribution in [3.63, 3.8) is 0 Å². The van der Waals surface area contributed by atoms with E-state index in [4.69, 9.17) is 0 Å². The second kappa shape index (κ2) is 7.79. The van der Waals surface area contributed by atoms with E-state index in [1.807, 2.05) is 25.6 Å². The third-order valence-electron chi connectivity index (χ3n) is 8.81. The van der Waals surface area contributed by atoms with E-state index in [9.17, 15) is 15.3 Å². The lowest BCUT2D eigenvalue weighted by atomic mass is 9.50. The number of hydrogen-bond acceptors (Lipinski definition) is 4. The van der Waals surface area contributed by atoms with E-state index >= 15 is 0 Å². The minimum absolute atomic E-state index is 0.199. The van der Waals surface area contributed by atoms with Crippen molar-refractivity contribution in [2.45, 2.75) is 96.2 Å². The summed E-state index contributed by atoms with van der Waals surface area (Å²) in [5.41, 5.74) is 3.75. The van der Waals surface area contributed by atoms with E-state index in [1.54, 1.807) is 5.57 Å². The van der Waals surface area contributed by atoms with Crippen molar-refractivity contribution >= 4 is 11.8 Å². The molecule has 0 heterocycles. The maximum Gasteiger partial charge on any atom is 0.0661 e. The summed E-state index contributed by atoms with van der Waals surface area (Å²) in [6.45, 7) is 10.8. The zero-order valence-electron chi connectivity index (χ0n) is 19.3. The molecule has 3 N–H and O–H groups in total. The summed E-state index contributed by atoms with van der Waals surface area (Å²) < 4.78 is 0. The van der Waals surface area contributed by atoms with Crippen molar-refractivity contribution in [2.24, 2.45) is 22.7 Å². The highest BCUT2D eigenvalue weighted by Gasteiger charge is 2.57. The Hall–Kier alpha value is -0.550. The third-order valence-corrected chi connectivity index (χ3v) is 10.0. The van der Waals surface area contributed by atoms with E-state index in [2.05, 4.69) is 39.0 Å². The summed E-state index contributed by atoms with van der Waals surface area (Å²) in [5, 5.41) is 31.7. The smallest absolute Gasteiger partial charge is 0.0661 e. The fourth-order valence-electron chi connectivity index (χ4n) is 6.87. The van der Waals surface area contributed by atoms with Gasteiger partial charge in [-0.15, -0.1) is 0 Å². The molecule has 4 aliphatic rings. The van der Waals surface area contributed by atoms with Crippen LogP contribution in [0.15, 0.2) is 34.9 Å². The molecule has 168 valence electrons. The maximum atomic E-state index is 11.0. The average Bonchev–Trinajstić information content (AvgIpc) is 2.99. The average molecular weight is 433 g/mol. The van der Waals surface area contributed by atoms with Crippen LogP contribution in [0.5, 0.6) is 0 Å². The maximum absolute atomic E-state index is 11.0. The van der Waals surface area contributed by atoms with Crippen molar-refractivity contribution in [1.82, 2.24) is 0 Å². The molecule has 7 atom stereocenters. The highest BCUT2D eigenvalue weighted by molar-refractivity contribution is 8.00.